The van der Waals surface area contributed by atoms with Crippen molar-refractivity contribution in [2.45, 2.75) is 26.8 Å². The number of nitrogens with zero attached hydrogens (tertiary/aromatic N) is 1. The zero-order valence-electron chi connectivity index (χ0n) is 10.2. The summed E-state index contributed by atoms with van der Waals surface area (Å²) in [6, 6.07) is 3.44. The molecule has 1 aromatic rings. The maximum absolute atomic E-state index is 11.9. The minimum absolute atomic E-state index is 0.0473. The largest absolute Gasteiger partial charge is 0.465 e. The van der Waals surface area contributed by atoms with Gasteiger partial charge in [0.1, 0.15) is 12.2 Å². The van der Waals surface area contributed by atoms with E-state index in [2.05, 4.69) is 5.32 Å². The number of rotatable bonds is 6. The first-order valence-electron chi connectivity index (χ1n) is 5.78. The number of hydrogen-bond acceptors (Lipinski definition) is 4. The number of hydrogen-bond donors (Lipinski definition) is 1. The van der Waals surface area contributed by atoms with Crippen LogP contribution >= 0.6 is 0 Å². The lowest BCUT2D eigenvalue weighted by atomic mass is 10.3. The van der Waals surface area contributed by atoms with Gasteiger partial charge in [0.05, 0.1) is 6.61 Å². The molecule has 0 radical (unpaired) electrons. The summed E-state index contributed by atoms with van der Waals surface area (Å²) in [6.45, 7) is 4.77. The van der Waals surface area contributed by atoms with Gasteiger partial charge in [-0.25, -0.2) is 0 Å². The fourth-order valence-electron chi connectivity index (χ4n) is 1.40. The molecular weight excluding hydrogens is 220 g/mol. The Morgan fingerprint density at radius 3 is 2.88 bits per heavy atom. The van der Waals surface area contributed by atoms with E-state index in [1.54, 1.807) is 25.3 Å². The van der Waals surface area contributed by atoms with Gasteiger partial charge < -0.3 is 14.6 Å². The maximum Gasteiger partial charge on any atom is 0.326 e. The Bertz CT molecular complexity index is 426. The van der Waals surface area contributed by atoms with Crippen LogP contribution in [0, 0.1) is 0 Å². The van der Waals surface area contributed by atoms with Gasteiger partial charge in [-0.2, -0.15) is 0 Å². The van der Waals surface area contributed by atoms with Gasteiger partial charge >= 0.3 is 5.97 Å². The molecule has 1 N–H and O–H groups in total. The Kier molecular flexibility index (Phi) is 5.26. The molecule has 0 fully saturated rings. The van der Waals surface area contributed by atoms with Crippen LogP contribution in [0.2, 0.25) is 0 Å². The maximum atomic E-state index is 11.9. The molecule has 0 aliphatic heterocycles. The standard InChI is InChI=1S/C12H18N2O3/c1-3-7-13-10-6-5-8-14(12(10)16)9-11(15)17-4-2/h5-6,8,13H,3-4,7,9H2,1-2H3. The van der Waals surface area contributed by atoms with Crippen molar-refractivity contribution in [1.82, 2.24) is 4.57 Å². The van der Waals surface area contributed by atoms with Crippen molar-refractivity contribution in [3.8, 4) is 0 Å². The normalized spacial score (nSPS) is 10.0. The number of nitrogens with one attached hydrogen (secondary N) is 1. The van der Waals surface area contributed by atoms with Crippen LogP contribution in [0.25, 0.3) is 0 Å². The molecule has 0 amide bonds. The number of esters is 1. The second-order valence-electron chi connectivity index (χ2n) is 3.59. The summed E-state index contributed by atoms with van der Waals surface area (Å²) < 4.78 is 6.15. The van der Waals surface area contributed by atoms with E-state index in [0.29, 0.717) is 12.3 Å². The molecule has 1 rings (SSSR count). The molecule has 0 atom stereocenters. The number of anilines is 1. The second kappa shape index (κ2) is 6.73. The van der Waals surface area contributed by atoms with Gasteiger partial charge in [-0.15, -0.1) is 0 Å². The molecule has 1 aromatic heterocycles. The number of carbonyl (C=O) groups is 1. The molecule has 94 valence electrons. The fourth-order valence-corrected chi connectivity index (χ4v) is 1.40. The van der Waals surface area contributed by atoms with E-state index in [1.807, 2.05) is 6.92 Å². The van der Waals surface area contributed by atoms with Gasteiger partial charge in [0, 0.05) is 12.7 Å². The molecule has 1 heterocycles. The summed E-state index contributed by atoms with van der Waals surface area (Å²) in [4.78, 5) is 23.2. The molecule has 0 saturated carbocycles. The second-order valence-corrected chi connectivity index (χ2v) is 3.59. The number of aromatic nitrogens is 1. The van der Waals surface area contributed by atoms with E-state index in [0.717, 1.165) is 13.0 Å². The predicted octanol–water partition coefficient (Wildman–Crippen LogP) is 1.23. The van der Waals surface area contributed by atoms with Crippen molar-refractivity contribution < 1.29 is 9.53 Å². The Labute approximate surface area is 100 Å². The van der Waals surface area contributed by atoms with E-state index in [9.17, 15) is 9.59 Å². The third kappa shape index (κ3) is 3.94. The minimum Gasteiger partial charge on any atom is -0.465 e. The molecular formula is C12H18N2O3. The van der Waals surface area contributed by atoms with Crippen molar-refractivity contribution in [1.29, 1.82) is 0 Å². The van der Waals surface area contributed by atoms with Gasteiger partial charge in [-0.05, 0) is 25.5 Å². The van der Waals surface area contributed by atoms with Crippen LogP contribution in [-0.4, -0.2) is 23.7 Å². The van der Waals surface area contributed by atoms with Crippen LogP contribution < -0.4 is 10.9 Å². The Hall–Kier alpha value is -1.78. The van der Waals surface area contributed by atoms with Crippen molar-refractivity contribution in [2.75, 3.05) is 18.5 Å². The summed E-state index contributed by atoms with van der Waals surface area (Å²) in [5, 5.41) is 3.02. The van der Waals surface area contributed by atoms with Crippen LogP contribution in [0.3, 0.4) is 0 Å². The molecule has 0 bridgehead atoms. The van der Waals surface area contributed by atoms with Gasteiger partial charge in [-0.1, -0.05) is 6.92 Å². The average molecular weight is 238 g/mol. The average Bonchev–Trinajstić information content (AvgIpc) is 2.30. The van der Waals surface area contributed by atoms with Crippen molar-refractivity contribution >= 4 is 11.7 Å². The minimum atomic E-state index is -0.401. The van der Waals surface area contributed by atoms with Crippen LogP contribution in [0.15, 0.2) is 23.1 Å². The third-order valence-corrected chi connectivity index (χ3v) is 2.19. The topological polar surface area (TPSA) is 60.3 Å². The molecule has 0 aromatic carbocycles. The highest BCUT2D eigenvalue weighted by Gasteiger charge is 2.07. The highest BCUT2D eigenvalue weighted by atomic mass is 16.5. The summed E-state index contributed by atoms with van der Waals surface area (Å²) in [7, 11) is 0. The van der Waals surface area contributed by atoms with Gasteiger partial charge in [0.2, 0.25) is 0 Å². The predicted molar refractivity (Wildman–Crippen MR) is 66.1 cm³/mol. The first kappa shape index (κ1) is 13.3. The van der Waals surface area contributed by atoms with Crippen molar-refractivity contribution in [2.24, 2.45) is 0 Å². The van der Waals surface area contributed by atoms with Crippen LogP contribution in [0.1, 0.15) is 20.3 Å². The Morgan fingerprint density at radius 1 is 1.47 bits per heavy atom. The first-order chi connectivity index (χ1) is 8.19. The summed E-state index contributed by atoms with van der Waals surface area (Å²) in [5.41, 5.74) is 0.313. The fraction of sp³-hybridized carbons (Fsp3) is 0.500. The van der Waals surface area contributed by atoms with E-state index >= 15 is 0 Å². The molecule has 0 aliphatic rings. The van der Waals surface area contributed by atoms with Crippen molar-refractivity contribution in [3.05, 3.63) is 28.7 Å². The highest BCUT2D eigenvalue weighted by Crippen LogP contribution is 1.99. The van der Waals surface area contributed by atoms with Crippen molar-refractivity contribution in [3.63, 3.8) is 0 Å². The number of pyridine rings is 1. The van der Waals surface area contributed by atoms with Gasteiger partial charge in [0.15, 0.2) is 0 Å². The molecule has 0 unspecified atom stereocenters. The molecule has 0 spiro atoms. The first-order valence-corrected chi connectivity index (χ1v) is 5.78. The Morgan fingerprint density at radius 2 is 2.24 bits per heavy atom. The smallest absolute Gasteiger partial charge is 0.326 e. The highest BCUT2D eigenvalue weighted by molar-refractivity contribution is 5.69. The molecule has 0 aliphatic carbocycles. The zero-order chi connectivity index (χ0) is 12.7. The Balaban J connectivity index is 2.79. The summed E-state index contributed by atoms with van der Waals surface area (Å²) >= 11 is 0. The van der Waals surface area contributed by atoms with E-state index in [4.69, 9.17) is 4.74 Å². The molecule has 5 nitrogen and oxygen atoms in total. The van der Waals surface area contributed by atoms with Crippen LogP contribution in [0.4, 0.5) is 5.69 Å². The monoisotopic (exact) mass is 238 g/mol. The van der Waals surface area contributed by atoms with Gasteiger partial charge in [-0.3, -0.25) is 9.59 Å². The van der Waals surface area contributed by atoms with E-state index in [1.165, 1.54) is 4.57 Å². The lowest BCUT2D eigenvalue weighted by molar-refractivity contribution is -0.143. The van der Waals surface area contributed by atoms with E-state index < -0.39 is 5.97 Å². The van der Waals surface area contributed by atoms with Crippen LogP contribution in [-0.2, 0) is 16.1 Å². The quantitative estimate of drug-likeness (QED) is 0.757. The third-order valence-electron chi connectivity index (χ3n) is 2.19. The molecule has 17 heavy (non-hydrogen) atoms. The summed E-state index contributed by atoms with van der Waals surface area (Å²) in [6.07, 6.45) is 2.52. The molecule has 0 saturated heterocycles. The zero-order valence-corrected chi connectivity index (χ0v) is 10.2. The van der Waals surface area contributed by atoms with E-state index in [-0.39, 0.29) is 12.1 Å². The lowest BCUT2D eigenvalue weighted by Gasteiger charge is -2.08. The van der Waals surface area contributed by atoms with Crippen LogP contribution in [0.5, 0.6) is 0 Å². The summed E-state index contributed by atoms with van der Waals surface area (Å²) in [5.74, 6) is -0.401. The lowest BCUT2D eigenvalue weighted by Crippen LogP contribution is -2.27. The number of carbonyl (C=O) groups excluding carboxylic acids is 1. The molecule has 5 heteroatoms. The number of ether oxygens (including phenoxy) is 1. The SMILES string of the molecule is CCCNc1cccn(CC(=O)OCC)c1=O. The van der Waals surface area contributed by atoms with Gasteiger partial charge in [0.25, 0.3) is 5.56 Å².